The van der Waals surface area contributed by atoms with Crippen molar-refractivity contribution in [1.29, 1.82) is 0 Å². The number of benzene rings is 1. The molecule has 1 N–H and O–H groups in total. The molecule has 1 heteroatoms. The van der Waals surface area contributed by atoms with Gasteiger partial charge in [-0.15, -0.1) is 0 Å². The highest BCUT2D eigenvalue weighted by Crippen LogP contribution is 2.28. The van der Waals surface area contributed by atoms with Crippen molar-refractivity contribution >= 4 is 0 Å². The number of hydrogen-bond acceptors (Lipinski definition) is 1. The molecule has 0 heterocycles. The third-order valence-corrected chi connectivity index (χ3v) is 2.85. The van der Waals surface area contributed by atoms with Crippen LogP contribution in [0.2, 0.25) is 0 Å². The molecule has 1 atom stereocenters. The van der Waals surface area contributed by atoms with Crippen LogP contribution in [0, 0.1) is 0 Å². The summed E-state index contributed by atoms with van der Waals surface area (Å²) in [6, 6.07) is 6.47. The van der Waals surface area contributed by atoms with Crippen molar-refractivity contribution in [2.45, 2.75) is 52.6 Å². The maximum atomic E-state index is 9.76. The molecule has 0 spiro atoms. The number of aliphatic hydroxyl groups excluding tert-OH is 1. The van der Waals surface area contributed by atoms with Gasteiger partial charge in [-0.05, 0) is 35.4 Å². The standard InChI is InChI=1S/C14H22O/c1-9(2)12-6-7-13(10(3)4)14(8-12)11(5)15/h6-11,15H,1-5H3. The van der Waals surface area contributed by atoms with Crippen LogP contribution in [0.3, 0.4) is 0 Å². The summed E-state index contributed by atoms with van der Waals surface area (Å²) >= 11 is 0. The molecule has 0 bridgehead atoms. The van der Waals surface area contributed by atoms with Crippen LogP contribution in [0.25, 0.3) is 0 Å². The lowest BCUT2D eigenvalue weighted by Crippen LogP contribution is -2.02. The molecule has 0 aromatic heterocycles. The average Bonchev–Trinajstić information content (AvgIpc) is 2.16. The van der Waals surface area contributed by atoms with Gasteiger partial charge in [0, 0.05) is 0 Å². The van der Waals surface area contributed by atoms with E-state index in [9.17, 15) is 5.11 Å². The van der Waals surface area contributed by atoms with Crippen LogP contribution < -0.4 is 0 Å². The molecule has 0 amide bonds. The predicted molar refractivity (Wildman–Crippen MR) is 65.3 cm³/mol. The van der Waals surface area contributed by atoms with E-state index < -0.39 is 0 Å². The fourth-order valence-corrected chi connectivity index (χ4v) is 1.84. The van der Waals surface area contributed by atoms with Gasteiger partial charge in [-0.1, -0.05) is 45.9 Å². The Kier molecular flexibility index (Phi) is 3.92. The molecule has 15 heavy (non-hydrogen) atoms. The Labute approximate surface area is 93.1 Å². The second-order valence-electron chi connectivity index (χ2n) is 4.87. The number of aliphatic hydroxyl groups is 1. The Hall–Kier alpha value is -0.820. The van der Waals surface area contributed by atoms with Crippen LogP contribution in [-0.2, 0) is 0 Å². The van der Waals surface area contributed by atoms with E-state index >= 15 is 0 Å². The molecule has 0 fully saturated rings. The van der Waals surface area contributed by atoms with E-state index in [0.717, 1.165) is 5.56 Å². The monoisotopic (exact) mass is 206 g/mol. The largest absolute Gasteiger partial charge is 0.389 e. The average molecular weight is 206 g/mol. The van der Waals surface area contributed by atoms with Crippen molar-refractivity contribution in [3.05, 3.63) is 34.9 Å². The molecule has 84 valence electrons. The van der Waals surface area contributed by atoms with Crippen LogP contribution >= 0.6 is 0 Å². The normalized spacial score (nSPS) is 13.6. The summed E-state index contributed by atoms with van der Waals surface area (Å²) in [5.41, 5.74) is 3.64. The first-order chi connectivity index (χ1) is 6.93. The first kappa shape index (κ1) is 12.3. The van der Waals surface area contributed by atoms with Crippen LogP contribution in [-0.4, -0.2) is 5.11 Å². The lowest BCUT2D eigenvalue weighted by molar-refractivity contribution is 0.197. The fraction of sp³-hybridized carbons (Fsp3) is 0.571. The highest BCUT2D eigenvalue weighted by Gasteiger charge is 2.12. The van der Waals surface area contributed by atoms with Gasteiger partial charge in [0.1, 0.15) is 0 Å². The maximum absolute atomic E-state index is 9.76. The quantitative estimate of drug-likeness (QED) is 0.793. The Morgan fingerprint density at radius 2 is 1.47 bits per heavy atom. The predicted octanol–water partition coefficient (Wildman–Crippen LogP) is 3.99. The summed E-state index contributed by atoms with van der Waals surface area (Å²) < 4.78 is 0. The molecule has 1 unspecified atom stereocenters. The molecule has 1 aromatic carbocycles. The van der Waals surface area contributed by atoms with Crippen LogP contribution in [0.1, 0.15) is 69.2 Å². The smallest absolute Gasteiger partial charge is 0.0764 e. The molecule has 0 aliphatic heterocycles. The van der Waals surface area contributed by atoms with Crippen LogP contribution in [0.4, 0.5) is 0 Å². The van der Waals surface area contributed by atoms with Gasteiger partial charge in [-0.2, -0.15) is 0 Å². The lowest BCUT2D eigenvalue weighted by atomic mass is 9.90. The highest BCUT2D eigenvalue weighted by atomic mass is 16.3. The molecule has 0 radical (unpaired) electrons. The van der Waals surface area contributed by atoms with Crippen LogP contribution in [0.5, 0.6) is 0 Å². The first-order valence-electron chi connectivity index (χ1n) is 5.75. The topological polar surface area (TPSA) is 20.2 Å². The van der Waals surface area contributed by atoms with Crippen molar-refractivity contribution < 1.29 is 5.11 Å². The molecular weight excluding hydrogens is 184 g/mol. The number of rotatable bonds is 3. The molecule has 0 saturated carbocycles. The molecule has 0 aliphatic rings. The third kappa shape index (κ3) is 2.82. The van der Waals surface area contributed by atoms with E-state index in [1.807, 2.05) is 6.92 Å². The molecule has 0 aliphatic carbocycles. The zero-order valence-electron chi connectivity index (χ0n) is 10.4. The van der Waals surface area contributed by atoms with Gasteiger partial charge in [0.2, 0.25) is 0 Å². The van der Waals surface area contributed by atoms with Crippen LogP contribution in [0.15, 0.2) is 18.2 Å². The Morgan fingerprint density at radius 3 is 1.87 bits per heavy atom. The third-order valence-electron chi connectivity index (χ3n) is 2.85. The minimum Gasteiger partial charge on any atom is -0.389 e. The van der Waals surface area contributed by atoms with Gasteiger partial charge in [-0.25, -0.2) is 0 Å². The first-order valence-corrected chi connectivity index (χ1v) is 5.75. The summed E-state index contributed by atoms with van der Waals surface area (Å²) in [7, 11) is 0. The summed E-state index contributed by atoms with van der Waals surface area (Å²) in [5.74, 6) is 0.986. The molecular formula is C14H22O. The fourth-order valence-electron chi connectivity index (χ4n) is 1.84. The van der Waals surface area contributed by atoms with E-state index in [1.165, 1.54) is 11.1 Å². The Bertz CT molecular complexity index is 324. The minimum absolute atomic E-state index is 0.374. The van der Waals surface area contributed by atoms with E-state index in [-0.39, 0.29) is 6.10 Å². The van der Waals surface area contributed by atoms with Gasteiger partial charge < -0.3 is 5.11 Å². The van der Waals surface area contributed by atoms with Gasteiger partial charge in [-0.3, -0.25) is 0 Å². The molecule has 1 rings (SSSR count). The van der Waals surface area contributed by atoms with E-state index in [1.54, 1.807) is 0 Å². The second-order valence-corrected chi connectivity index (χ2v) is 4.87. The van der Waals surface area contributed by atoms with Gasteiger partial charge in [0.05, 0.1) is 6.10 Å². The van der Waals surface area contributed by atoms with E-state index in [2.05, 4.69) is 45.9 Å². The van der Waals surface area contributed by atoms with Crippen molar-refractivity contribution in [3.63, 3.8) is 0 Å². The second kappa shape index (κ2) is 4.80. The minimum atomic E-state index is -0.374. The summed E-state index contributed by atoms with van der Waals surface area (Å²) in [5, 5.41) is 9.76. The van der Waals surface area contributed by atoms with E-state index in [0.29, 0.717) is 11.8 Å². The lowest BCUT2D eigenvalue weighted by Gasteiger charge is -2.17. The molecule has 1 aromatic rings. The summed E-state index contributed by atoms with van der Waals surface area (Å²) in [6.07, 6.45) is -0.374. The Balaban J connectivity index is 3.21. The Morgan fingerprint density at radius 1 is 0.867 bits per heavy atom. The van der Waals surface area contributed by atoms with Crippen molar-refractivity contribution in [2.75, 3.05) is 0 Å². The zero-order valence-corrected chi connectivity index (χ0v) is 10.4. The van der Waals surface area contributed by atoms with Crippen molar-refractivity contribution in [2.24, 2.45) is 0 Å². The molecule has 1 nitrogen and oxygen atoms in total. The molecule has 0 saturated heterocycles. The highest BCUT2D eigenvalue weighted by molar-refractivity contribution is 5.36. The van der Waals surface area contributed by atoms with E-state index in [4.69, 9.17) is 0 Å². The maximum Gasteiger partial charge on any atom is 0.0764 e. The van der Waals surface area contributed by atoms with Crippen molar-refractivity contribution in [1.82, 2.24) is 0 Å². The van der Waals surface area contributed by atoms with Gasteiger partial charge >= 0.3 is 0 Å². The van der Waals surface area contributed by atoms with Gasteiger partial charge in [0.25, 0.3) is 0 Å². The van der Waals surface area contributed by atoms with Crippen molar-refractivity contribution in [3.8, 4) is 0 Å². The SMILES string of the molecule is CC(C)c1ccc(C(C)C)c(C(C)O)c1. The summed E-state index contributed by atoms with van der Waals surface area (Å²) in [4.78, 5) is 0. The summed E-state index contributed by atoms with van der Waals surface area (Å²) in [6.45, 7) is 10.5. The number of hydrogen-bond donors (Lipinski definition) is 1. The zero-order chi connectivity index (χ0) is 11.6. The van der Waals surface area contributed by atoms with Gasteiger partial charge in [0.15, 0.2) is 0 Å².